The fourth-order valence-corrected chi connectivity index (χ4v) is 2.62. The lowest BCUT2D eigenvalue weighted by molar-refractivity contribution is 0.0996. The van der Waals surface area contributed by atoms with Crippen LogP contribution in [0.15, 0.2) is 30.6 Å². The van der Waals surface area contributed by atoms with E-state index in [1.165, 1.54) is 6.20 Å². The van der Waals surface area contributed by atoms with Gasteiger partial charge in [0.2, 0.25) is 0 Å². The number of likely N-dealkylation sites (N-methyl/N-ethyl adjacent to an activating group) is 1. The summed E-state index contributed by atoms with van der Waals surface area (Å²) in [4.78, 5) is 26.1. The third kappa shape index (κ3) is 2.98. The van der Waals surface area contributed by atoms with Gasteiger partial charge < -0.3 is 16.0 Å². The quantitative estimate of drug-likeness (QED) is 0.846. The molecule has 2 atom stereocenters. The molecule has 1 saturated heterocycles. The molecule has 2 aromatic rings. The Labute approximate surface area is 132 Å². The Morgan fingerprint density at radius 3 is 2.83 bits per heavy atom. The summed E-state index contributed by atoms with van der Waals surface area (Å²) in [6.45, 7) is 0.696. The Bertz CT molecular complexity index is 710. The zero-order chi connectivity index (χ0) is 16.4. The minimum atomic E-state index is -0.990. The molecule has 0 saturated carbocycles. The molecular weight excluding hydrogens is 299 g/mol. The number of primary amides is 1. The number of pyridine rings is 1. The Kier molecular flexibility index (Phi) is 4.16. The molecule has 1 amide bonds. The average molecular weight is 316 g/mol. The Hall–Kier alpha value is -2.61. The third-order valence-electron chi connectivity index (χ3n) is 3.84. The normalized spacial score (nSPS) is 20.7. The molecule has 0 bridgehead atoms. The van der Waals surface area contributed by atoms with E-state index >= 15 is 0 Å². The second-order valence-electron chi connectivity index (χ2n) is 5.32. The third-order valence-corrected chi connectivity index (χ3v) is 3.84. The zero-order valence-corrected chi connectivity index (χ0v) is 12.6. The van der Waals surface area contributed by atoms with E-state index in [9.17, 15) is 9.18 Å². The van der Waals surface area contributed by atoms with Crippen LogP contribution in [0, 0.1) is 0 Å². The van der Waals surface area contributed by atoms with E-state index in [1.54, 1.807) is 36.3 Å². The number of hydrogen-bond acceptors (Lipinski definition) is 6. The number of aromatic nitrogens is 3. The number of carbonyl (C=O) groups excluding carboxylic acids is 1. The molecule has 0 unspecified atom stereocenters. The summed E-state index contributed by atoms with van der Waals surface area (Å²) in [6.07, 6.45) is 2.05. The predicted molar refractivity (Wildman–Crippen MR) is 83.7 cm³/mol. The molecular formula is C15H17FN6O. The van der Waals surface area contributed by atoms with Crippen molar-refractivity contribution in [3.63, 3.8) is 0 Å². The number of carbonyl (C=O) groups is 1. The maximum Gasteiger partial charge on any atom is 0.269 e. The van der Waals surface area contributed by atoms with Gasteiger partial charge in [0, 0.05) is 12.7 Å². The SMILES string of the molecule is CN[C@@H]1CN(c2cnc(C(N)=O)c(-c3ccccn3)n2)C[C@@H]1F. The van der Waals surface area contributed by atoms with Crippen LogP contribution in [0.1, 0.15) is 10.5 Å². The van der Waals surface area contributed by atoms with Crippen LogP contribution in [0.3, 0.4) is 0 Å². The van der Waals surface area contributed by atoms with Gasteiger partial charge >= 0.3 is 0 Å². The number of halogens is 1. The zero-order valence-electron chi connectivity index (χ0n) is 12.6. The molecule has 1 aliphatic heterocycles. The Balaban J connectivity index is 2.00. The van der Waals surface area contributed by atoms with Crippen LogP contribution in [0.25, 0.3) is 11.4 Å². The van der Waals surface area contributed by atoms with Gasteiger partial charge in [-0.25, -0.2) is 14.4 Å². The highest BCUT2D eigenvalue weighted by Gasteiger charge is 2.33. The summed E-state index contributed by atoms with van der Waals surface area (Å²) in [5.74, 6) is -0.182. The van der Waals surface area contributed by atoms with E-state index in [0.717, 1.165) is 0 Å². The first-order valence-electron chi connectivity index (χ1n) is 7.24. The van der Waals surface area contributed by atoms with Crippen molar-refractivity contribution in [3.05, 3.63) is 36.3 Å². The lowest BCUT2D eigenvalue weighted by Gasteiger charge is -2.18. The largest absolute Gasteiger partial charge is 0.364 e. The van der Waals surface area contributed by atoms with Gasteiger partial charge in [0.05, 0.1) is 24.5 Å². The number of alkyl halides is 1. The van der Waals surface area contributed by atoms with E-state index in [-0.39, 0.29) is 18.3 Å². The van der Waals surface area contributed by atoms with E-state index in [2.05, 4.69) is 20.3 Å². The second-order valence-corrected chi connectivity index (χ2v) is 5.32. The van der Waals surface area contributed by atoms with E-state index in [0.29, 0.717) is 23.8 Å². The van der Waals surface area contributed by atoms with Crippen molar-refractivity contribution >= 4 is 11.7 Å². The van der Waals surface area contributed by atoms with Crippen LogP contribution < -0.4 is 16.0 Å². The Morgan fingerprint density at radius 2 is 2.22 bits per heavy atom. The highest BCUT2D eigenvalue weighted by molar-refractivity contribution is 5.96. The molecule has 0 spiro atoms. The van der Waals surface area contributed by atoms with Crippen molar-refractivity contribution in [2.75, 3.05) is 25.0 Å². The van der Waals surface area contributed by atoms with Crippen molar-refractivity contribution < 1.29 is 9.18 Å². The van der Waals surface area contributed by atoms with Crippen LogP contribution in [0.2, 0.25) is 0 Å². The van der Waals surface area contributed by atoms with Gasteiger partial charge in [-0.05, 0) is 19.2 Å². The molecule has 3 heterocycles. The standard InChI is InChI=1S/C15H17FN6O/c1-18-11-8-22(7-9(11)16)12-6-20-14(15(17)23)13(21-12)10-4-2-3-5-19-10/h2-6,9,11,18H,7-8H2,1H3,(H2,17,23)/t9-,11+/m0/s1. The van der Waals surface area contributed by atoms with Crippen molar-refractivity contribution in [1.29, 1.82) is 0 Å². The number of nitrogens with one attached hydrogen (secondary N) is 1. The van der Waals surface area contributed by atoms with Gasteiger partial charge in [-0.2, -0.15) is 0 Å². The number of hydrogen-bond donors (Lipinski definition) is 2. The van der Waals surface area contributed by atoms with Crippen LogP contribution in [0.5, 0.6) is 0 Å². The summed E-state index contributed by atoms with van der Waals surface area (Å²) >= 11 is 0. The van der Waals surface area contributed by atoms with Crippen LogP contribution >= 0.6 is 0 Å². The molecule has 2 aromatic heterocycles. The van der Waals surface area contributed by atoms with Gasteiger partial charge in [0.25, 0.3) is 5.91 Å². The number of amides is 1. The number of nitrogens with zero attached hydrogens (tertiary/aromatic N) is 4. The predicted octanol–water partition coefficient (Wildman–Crippen LogP) is 0.384. The fraction of sp³-hybridized carbons (Fsp3) is 0.333. The number of rotatable bonds is 4. The lowest BCUT2D eigenvalue weighted by atomic mass is 10.2. The molecule has 3 N–H and O–H groups in total. The molecule has 0 radical (unpaired) electrons. The summed E-state index contributed by atoms with van der Waals surface area (Å²) in [6, 6.07) is 5.01. The summed E-state index contributed by atoms with van der Waals surface area (Å²) in [5.41, 5.74) is 6.22. The molecule has 3 rings (SSSR count). The molecule has 120 valence electrons. The molecule has 23 heavy (non-hydrogen) atoms. The lowest BCUT2D eigenvalue weighted by Crippen LogP contribution is -2.34. The first-order chi connectivity index (χ1) is 11.1. The van der Waals surface area contributed by atoms with E-state index in [4.69, 9.17) is 5.73 Å². The van der Waals surface area contributed by atoms with E-state index in [1.807, 2.05) is 0 Å². The van der Waals surface area contributed by atoms with Crippen LogP contribution in [0.4, 0.5) is 10.2 Å². The van der Waals surface area contributed by atoms with Gasteiger partial charge in [-0.1, -0.05) is 6.07 Å². The monoisotopic (exact) mass is 316 g/mol. The minimum Gasteiger partial charge on any atom is -0.364 e. The first-order valence-corrected chi connectivity index (χ1v) is 7.24. The summed E-state index contributed by atoms with van der Waals surface area (Å²) in [5, 5.41) is 2.94. The van der Waals surface area contributed by atoms with Crippen molar-refractivity contribution in [1.82, 2.24) is 20.3 Å². The molecule has 0 aromatic carbocycles. The minimum absolute atomic E-state index is 0.0496. The highest BCUT2D eigenvalue weighted by Crippen LogP contribution is 2.24. The van der Waals surface area contributed by atoms with Gasteiger partial charge in [-0.3, -0.25) is 9.78 Å². The van der Waals surface area contributed by atoms with Gasteiger partial charge in [0.1, 0.15) is 17.7 Å². The van der Waals surface area contributed by atoms with Crippen molar-refractivity contribution in [2.24, 2.45) is 5.73 Å². The summed E-state index contributed by atoms with van der Waals surface area (Å²) < 4.78 is 13.9. The maximum absolute atomic E-state index is 13.9. The molecule has 7 nitrogen and oxygen atoms in total. The number of anilines is 1. The molecule has 8 heteroatoms. The van der Waals surface area contributed by atoms with Crippen LogP contribution in [-0.2, 0) is 0 Å². The first kappa shape index (κ1) is 15.3. The topological polar surface area (TPSA) is 97.0 Å². The van der Waals surface area contributed by atoms with Crippen molar-refractivity contribution in [3.8, 4) is 11.4 Å². The molecule has 1 fully saturated rings. The van der Waals surface area contributed by atoms with E-state index < -0.39 is 12.1 Å². The van der Waals surface area contributed by atoms with Crippen molar-refractivity contribution in [2.45, 2.75) is 12.2 Å². The molecule has 1 aliphatic rings. The van der Waals surface area contributed by atoms with Gasteiger partial charge in [-0.15, -0.1) is 0 Å². The average Bonchev–Trinajstić information content (AvgIpc) is 2.96. The molecule has 0 aliphatic carbocycles. The smallest absolute Gasteiger partial charge is 0.269 e. The highest BCUT2D eigenvalue weighted by atomic mass is 19.1. The maximum atomic E-state index is 13.9. The number of nitrogens with two attached hydrogens (primary N) is 1. The fourth-order valence-electron chi connectivity index (χ4n) is 2.62. The van der Waals surface area contributed by atoms with Gasteiger partial charge in [0.15, 0.2) is 5.69 Å². The Morgan fingerprint density at radius 1 is 1.39 bits per heavy atom. The van der Waals surface area contributed by atoms with Crippen LogP contribution in [-0.4, -0.2) is 53.2 Å². The summed E-state index contributed by atoms with van der Waals surface area (Å²) in [7, 11) is 1.72. The second kappa shape index (κ2) is 6.25.